The molecule has 1 aromatic carbocycles. The Morgan fingerprint density at radius 2 is 1.85 bits per heavy atom. The SMILES string of the molecule is CC.Cc1ccc(O)cc1C12CCN(CC3CC3)C(C)C1Cc1cc(C(=O)N(C)C3CCCCC3)c(=O)[nH]c1C2. The topological polar surface area (TPSA) is 76.6 Å². The van der Waals surface area contributed by atoms with Crippen molar-refractivity contribution in [3.8, 4) is 5.75 Å². The van der Waals surface area contributed by atoms with Crippen molar-refractivity contribution in [3.63, 3.8) is 0 Å². The number of aromatic hydroxyl groups is 1. The first-order valence-corrected chi connectivity index (χ1v) is 15.8. The summed E-state index contributed by atoms with van der Waals surface area (Å²) in [6.07, 6.45) is 10.8. The maximum absolute atomic E-state index is 13.5. The number of nitrogens with one attached hydrogen (secondary N) is 1. The Bertz CT molecular complexity index is 1280. The first kappa shape index (κ1) is 28.9. The lowest BCUT2D eigenvalue weighted by molar-refractivity contribution is 0.0246. The van der Waals surface area contributed by atoms with Gasteiger partial charge in [0.05, 0.1) is 0 Å². The molecule has 3 fully saturated rings. The van der Waals surface area contributed by atoms with E-state index in [4.69, 9.17) is 0 Å². The number of hydrogen-bond acceptors (Lipinski definition) is 4. The molecule has 40 heavy (non-hydrogen) atoms. The summed E-state index contributed by atoms with van der Waals surface area (Å²) in [4.78, 5) is 34.5. The number of phenolic OH excluding ortho intramolecular Hbond substituents is 1. The van der Waals surface area contributed by atoms with Crippen LogP contribution in [0.15, 0.2) is 29.1 Å². The number of aryl methyl sites for hydroxylation is 1. The van der Waals surface area contributed by atoms with Crippen LogP contribution in [-0.2, 0) is 18.3 Å². The number of phenols is 1. The average Bonchev–Trinajstić information content (AvgIpc) is 3.80. The zero-order valence-corrected chi connectivity index (χ0v) is 25.3. The molecule has 0 radical (unpaired) electrons. The van der Waals surface area contributed by atoms with Crippen LogP contribution in [0.3, 0.4) is 0 Å². The summed E-state index contributed by atoms with van der Waals surface area (Å²) in [5.74, 6) is 1.33. The first-order valence-electron chi connectivity index (χ1n) is 15.8. The summed E-state index contributed by atoms with van der Waals surface area (Å²) in [6, 6.07) is 8.29. The van der Waals surface area contributed by atoms with Gasteiger partial charge in [-0.3, -0.25) is 9.59 Å². The lowest BCUT2D eigenvalue weighted by Crippen LogP contribution is -2.59. The molecular weight excluding hydrogens is 498 g/mol. The van der Waals surface area contributed by atoms with Crippen LogP contribution < -0.4 is 5.56 Å². The Balaban J connectivity index is 0.00000158. The molecule has 218 valence electrons. The minimum atomic E-state index is -0.267. The van der Waals surface area contributed by atoms with Crippen LogP contribution in [-0.4, -0.2) is 58.0 Å². The van der Waals surface area contributed by atoms with E-state index < -0.39 is 0 Å². The van der Waals surface area contributed by atoms with E-state index in [1.54, 1.807) is 6.07 Å². The van der Waals surface area contributed by atoms with E-state index >= 15 is 0 Å². The summed E-state index contributed by atoms with van der Waals surface area (Å²) in [5.41, 5.74) is 4.36. The molecule has 2 aromatic rings. The predicted molar refractivity (Wildman–Crippen MR) is 161 cm³/mol. The fourth-order valence-electron chi connectivity index (χ4n) is 7.99. The molecule has 2 heterocycles. The Morgan fingerprint density at radius 3 is 2.55 bits per heavy atom. The molecule has 3 atom stereocenters. The number of amides is 1. The van der Waals surface area contributed by atoms with Gasteiger partial charge in [0.15, 0.2) is 0 Å². The molecule has 3 aliphatic carbocycles. The summed E-state index contributed by atoms with van der Waals surface area (Å²) in [7, 11) is 1.87. The molecule has 2 N–H and O–H groups in total. The Kier molecular flexibility index (Phi) is 8.47. The Labute approximate surface area is 240 Å². The van der Waals surface area contributed by atoms with Crippen molar-refractivity contribution in [1.82, 2.24) is 14.8 Å². The van der Waals surface area contributed by atoms with Crippen LogP contribution in [0.25, 0.3) is 0 Å². The lowest BCUT2D eigenvalue weighted by Gasteiger charge is -2.55. The number of aromatic nitrogens is 1. The van der Waals surface area contributed by atoms with Gasteiger partial charge in [-0.15, -0.1) is 0 Å². The van der Waals surface area contributed by atoms with Crippen LogP contribution in [0.5, 0.6) is 5.75 Å². The van der Waals surface area contributed by atoms with Crippen LogP contribution in [0.1, 0.15) is 105 Å². The van der Waals surface area contributed by atoms with Crippen LogP contribution >= 0.6 is 0 Å². The van der Waals surface area contributed by atoms with E-state index in [0.717, 1.165) is 68.7 Å². The highest BCUT2D eigenvalue weighted by atomic mass is 16.3. The quantitative estimate of drug-likeness (QED) is 0.483. The van der Waals surface area contributed by atoms with Crippen LogP contribution in [0.2, 0.25) is 0 Å². The number of H-pyrrole nitrogens is 1. The predicted octanol–water partition coefficient (Wildman–Crippen LogP) is 5.98. The Morgan fingerprint density at radius 1 is 1.12 bits per heavy atom. The molecule has 2 saturated carbocycles. The number of aromatic amines is 1. The second kappa shape index (κ2) is 11.7. The fourth-order valence-corrected chi connectivity index (χ4v) is 7.99. The molecule has 0 spiro atoms. The van der Waals surface area contributed by atoms with E-state index in [-0.39, 0.29) is 28.5 Å². The first-order chi connectivity index (χ1) is 19.3. The van der Waals surface area contributed by atoms with Crippen LogP contribution in [0.4, 0.5) is 0 Å². The molecule has 6 nitrogen and oxygen atoms in total. The number of rotatable bonds is 5. The van der Waals surface area contributed by atoms with Gasteiger partial charge < -0.3 is 19.9 Å². The van der Waals surface area contributed by atoms with Gasteiger partial charge >= 0.3 is 0 Å². The average molecular weight is 548 g/mol. The standard InChI is InChI=1S/C32H43N3O3.C2H6/c1-20-9-12-25(36)17-27(20)32-13-14-35(19-22-10-11-22)21(2)28(32)16-23-15-26(30(37)33-29(23)18-32)31(38)34(3)24-7-5-4-6-8-24;1-2/h9,12,15,17,21-22,24,28,36H,4-8,10-11,13-14,16,18-19H2,1-3H3,(H,33,37);1-2H3. The normalized spacial score (nSPS) is 26.7. The van der Waals surface area contributed by atoms with Crippen LogP contribution in [0, 0.1) is 18.8 Å². The fraction of sp³-hybridized carbons (Fsp3) is 0.647. The molecule has 4 aliphatic rings. The molecule has 6 heteroatoms. The maximum atomic E-state index is 13.5. The highest BCUT2D eigenvalue weighted by molar-refractivity contribution is 5.94. The van der Waals surface area contributed by atoms with Crippen molar-refractivity contribution in [2.45, 2.75) is 109 Å². The van der Waals surface area contributed by atoms with E-state index in [0.29, 0.717) is 17.7 Å². The summed E-state index contributed by atoms with van der Waals surface area (Å²) >= 11 is 0. The molecular formula is C34H49N3O3. The number of carbonyl (C=O) groups excluding carboxylic acids is 1. The van der Waals surface area contributed by atoms with Gasteiger partial charge in [0.25, 0.3) is 11.5 Å². The molecule has 3 unspecified atom stereocenters. The highest BCUT2D eigenvalue weighted by Crippen LogP contribution is 2.51. The van der Waals surface area contributed by atoms with Gasteiger partial charge in [0, 0.05) is 36.8 Å². The van der Waals surface area contributed by atoms with Crippen molar-refractivity contribution in [2.24, 2.45) is 11.8 Å². The summed E-state index contributed by atoms with van der Waals surface area (Å²) in [5, 5.41) is 10.5. The minimum absolute atomic E-state index is 0.145. The third-order valence-corrected chi connectivity index (χ3v) is 10.5. The molecule has 1 saturated heterocycles. The zero-order chi connectivity index (χ0) is 28.6. The van der Waals surface area contributed by atoms with Crippen molar-refractivity contribution in [3.05, 3.63) is 62.6 Å². The van der Waals surface area contributed by atoms with E-state index in [9.17, 15) is 14.7 Å². The third kappa shape index (κ3) is 5.36. The van der Waals surface area contributed by atoms with E-state index in [1.165, 1.54) is 36.9 Å². The second-order valence-electron chi connectivity index (χ2n) is 12.8. The zero-order valence-electron chi connectivity index (χ0n) is 25.3. The van der Waals surface area contributed by atoms with Crippen molar-refractivity contribution in [2.75, 3.05) is 20.1 Å². The monoisotopic (exact) mass is 547 g/mol. The molecule has 1 aliphatic heterocycles. The van der Waals surface area contributed by atoms with Gasteiger partial charge in [-0.25, -0.2) is 0 Å². The minimum Gasteiger partial charge on any atom is -0.508 e. The van der Waals surface area contributed by atoms with Gasteiger partial charge in [0.2, 0.25) is 0 Å². The van der Waals surface area contributed by atoms with Gasteiger partial charge in [-0.2, -0.15) is 0 Å². The van der Waals surface area contributed by atoms with Gasteiger partial charge in [-0.05, 0) is 112 Å². The lowest BCUT2D eigenvalue weighted by atomic mass is 9.55. The number of carbonyl (C=O) groups is 1. The Hall–Kier alpha value is -2.60. The third-order valence-electron chi connectivity index (χ3n) is 10.5. The largest absolute Gasteiger partial charge is 0.508 e. The second-order valence-corrected chi connectivity index (χ2v) is 12.8. The van der Waals surface area contributed by atoms with Crippen molar-refractivity contribution < 1.29 is 9.90 Å². The number of likely N-dealkylation sites (tertiary alicyclic amines) is 1. The van der Waals surface area contributed by atoms with Gasteiger partial charge in [0.1, 0.15) is 11.3 Å². The number of hydrogen-bond donors (Lipinski definition) is 2. The highest BCUT2D eigenvalue weighted by Gasteiger charge is 2.52. The van der Waals surface area contributed by atoms with Gasteiger partial charge in [-0.1, -0.05) is 39.2 Å². The number of fused-ring (bicyclic) bond motifs is 2. The van der Waals surface area contributed by atoms with Crippen molar-refractivity contribution in [1.29, 1.82) is 0 Å². The van der Waals surface area contributed by atoms with E-state index in [2.05, 4.69) is 23.7 Å². The summed E-state index contributed by atoms with van der Waals surface area (Å²) in [6.45, 7) is 10.7. The number of piperidine rings is 1. The molecule has 1 amide bonds. The molecule has 6 rings (SSSR count). The molecule has 0 bridgehead atoms. The smallest absolute Gasteiger partial charge is 0.261 e. The number of pyridine rings is 1. The number of nitrogens with zero attached hydrogens (tertiary/aromatic N) is 2. The number of benzene rings is 1. The van der Waals surface area contributed by atoms with E-state index in [1.807, 2.05) is 44.0 Å². The molecule has 1 aromatic heterocycles. The summed E-state index contributed by atoms with van der Waals surface area (Å²) < 4.78 is 0. The van der Waals surface area contributed by atoms with Crippen molar-refractivity contribution >= 4 is 5.91 Å². The maximum Gasteiger partial charge on any atom is 0.261 e.